The molecule has 0 aliphatic rings. The molecular weight excluding hydrogens is 320 g/mol. The van der Waals surface area contributed by atoms with Gasteiger partial charge in [-0.2, -0.15) is 5.26 Å². The monoisotopic (exact) mass is 334 g/mol. The van der Waals surface area contributed by atoms with Gasteiger partial charge < -0.3 is 10.1 Å². The van der Waals surface area contributed by atoms with Gasteiger partial charge in [-0.15, -0.1) is 11.3 Å². The van der Waals surface area contributed by atoms with Gasteiger partial charge in [0.15, 0.2) is 6.61 Å². The lowest BCUT2D eigenvalue weighted by Gasteiger charge is -2.08. The van der Waals surface area contributed by atoms with E-state index >= 15 is 0 Å². The number of anilines is 1. The minimum atomic E-state index is -0.301. The van der Waals surface area contributed by atoms with E-state index in [1.54, 1.807) is 18.2 Å². The molecule has 6 heteroatoms. The number of carbonyl (C=O) groups is 1. The molecule has 4 nitrogen and oxygen atoms in total. The summed E-state index contributed by atoms with van der Waals surface area (Å²) in [6.45, 7) is 5.53. The molecule has 0 aliphatic heterocycles. The molecule has 0 radical (unpaired) electrons. The van der Waals surface area contributed by atoms with E-state index in [0.29, 0.717) is 21.3 Å². The van der Waals surface area contributed by atoms with Crippen LogP contribution in [-0.2, 0) is 4.79 Å². The average Bonchev–Trinajstić information content (AvgIpc) is 2.74. The molecule has 0 spiro atoms. The minimum absolute atomic E-state index is 0.123. The number of ether oxygens (including phenoxy) is 1. The molecule has 114 valence electrons. The summed E-state index contributed by atoms with van der Waals surface area (Å²) in [7, 11) is 0. The molecule has 1 N–H and O–H groups in total. The van der Waals surface area contributed by atoms with Crippen molar-refractivity contribution >= 4 is 33.8 Å². The molecule has 0 saturated heterocycles. The average molecular weight is 335 g/mol. The molecule has 2 aromatic rings. The molecule has 0 unspecified atom stereocenters. The number of hydrogen-bond acceptors (Lipinski definition) is 4. The summed E-state index contributed by atoms with van der Waals surface area (Å²) in [5.41, 5.74) is 2.30. The van der Waals surface area contributed by atoms with Crippen molar-refractivity contribution in [3.63, 3.8) is 0 Å². The van der Waals surface area contributed by atoms with Gasteiger partial charge in [-0.25, -0.2) is 0 Å². The Labute approximate surface area is 138 Å². The van der Waals surface area contributed by atoms with Crippen molar-refractivity contribution in [1.82, 2.24) is 0 Å². The highest BCUT2D eigenvalue weighted by atomic mass is 35.5. The molecule has 1 heterocycles. The van der Waals surface area contributed by atoms with Gasteiger partial charge >= 0.3 is 0 Å². The van der Waals surface area contributed by atoms with Crippen molar-refractivity contribution < 1.29 is 9.53 Å². The third-order valence-corrected chi connectivity index (χ3v) is 4.80. The van der Waals surface area contributed by atoms with Crippen molar-refractivity contribution in [3.8, 4) is 11.8 Å². The van der Waals surface area contributed by atoms with Gasteiger partial charge in [-0.3, -0.25) is 4.79 Å². The van der Waals surface area contributed by atoms with E-state index in [2.05, 4.69) is 11.4 Å². The number of nitriles is 1. The number of carbonyl (C=O) groups excluding carboxylic acids is 1. The topological polar surface area (TPSA) is 62.1 Å². The van der Waals surface area contributed by atoms with Gasteiger partial charge in [0.25, 0.3) is 5.91 Å². The Morgan fingerprint density at radius 3 is 2.77 bits per heavy atom. The van der Waals surface area contributed by atoms with Crippen LogP contribution in [0.4, 0.5) is 5.00 Å². The van der Waals surface area contributed by atoms with Gasteiger partial charge in [-0.05, 0) is 50.1 Å². The molecule has 0 bridgehead atoms. The zero-order valence-corrected chi connectivity index (χ0v) is 14.1. The highest BCUT2D eigenvalue weighted by Crippen LogP contribution is 2.31. The van der Waals surface area contributed by atoms with E-state index < -0.39 is 0 Å². The Kier molecular flexibility index (Phi) is 5.07. The lowest BCUT2D eigenvalue weighted by atomic mass is 10.2. The lowest BCUT2D eigenvalue weighted by Crippen LogP contribution is -2.20. The second-order valence-corrected chi connectivity index (χ2v) is 6.48. The molecule has 0 saturated carbocycles. The Morgan fingerprint density at radius 2 is 2.14 bits per heavy atom. The molecule has 0 aliphatic carbocycles. The quantitative estimate of drug-likeness (QED) is 0.910. The maximum Gasteiger partial charge on any atom is 0.262 e. The number of amides is 1. The van der Waals surface area contributed by atoms with E-state index in [1.165, 1.54) is 11.3 Å². The number of nitrogens with one attached hydrogen (secondary N) is 1. The summed E-state index contributed by atoms with van der Waals surface area (Å²) in [5, 5.41) is 13.1. The van der Waals surface area contributed by atoms with Crippen LogP contribution in [0.1, 0.15) is 21.6 Å². The molecule has 1 aromatic carbocycles. The minimum Gasteiger partial charge on any atom is -0.484 e. The van der Waals surface area contributed by atoms with Crippen molar-refractivity contribution in [3.05, 3.63) is 44.8 Å². The van der Waals surface area contributed by atoms with Crippen LogP contribution in [-0.4, -0.2) is 12.5 Å². The second-order valence-electron chi connectivity index (χ2n) is 4.85. The largest absolute Gasteiger partial charge is 0.484 e. The first-order chi connectivity index (χ1) is 10.4. The molecule has 1 amide bonds. The predicted octanol–water partition coefficient (Wildman–Crippen LogP) is 4.22. The number of aryl methyl sites for hydroxylation is 2. The summed E-state index contributed by atoms with van der Waals surface area (Å²) in [6.07, 6.45) is 0. The maximum atomic E-state index is 12.0. The van der Waals surface area contributed by atoms with E-state index in [0.717, 1.165) is 16.0 Å². The van der Waals surface area contributed by atoms with Crippen LogP contribution < -0.4 is 10.1 Å². The summed E-state index contributed by atoms with van der Waals surface area (Å²) < 4.78 is 5.44. The standard InChI is InChI=1S/C16H15ClN2O2S/c1-9-6-12(4-5-14(9)17)21-8-15(20)19-16-13(7-18)10(2)11(3)22-16/h4-6H,8H2,1-3H3,(H,19,20). The number of rotatable bonds is 4. The lowest BCUT2D eigenvalue weighted by molar-refractivity contribution is -0.118. The van der Waals surface area contributed by atoms with E-state index in [9.17, 15) is 4.79 Å². The van der Waals surface area contributed by atoms with E-state index in [4.69, 9.17) is 21.6 Å². The zero-order valence-electron chi connectivity index (χ0n) is 12.5. The van der Waals surface area contributed by atoms with Gasteiger partial charge in [0.05, 0.1) is 5.56 Å². The first-order valence-electron chi connectivity index (χ1n) is 6.61. The van der Waals surface area contributed by atoms with Gasteiger partial charge in [-0.1, -0.05) is 11.6 Å². The van der Waals surface area contributed by atoms with Gasteiger partial charge in [0.2, 0.25) is 0 Å². The van der Waals surface area contributed by atoms with Crippen molar-refractivity contribution in [1.29, 1.82) is 5.26 Å². The Hall–Kier alpha value is -2.03. The maximum absolute atomic E-state index is 12.0. The fraction of sp³-hybridized carbons (Fsp3) is 0.250. The molecular formula is C16H15ClN2O2S. The fourth-order valence-electron chi connectivity index (χ4n) is 1.87. The van der Waals surface area contributed by atoms with Gasteiger partial charge in [0, 0.05) is 9.90 Å². The molecule has 22 heavy (non-hydrogen) atoms. The second kappa shape index (κ2) is 6.82. The smallest absolute Gasteiger partial charge is 0.262 e. The summed E-state index contributed by atoms with van der Waals surface area (Å²) in [5.74, 6) is 0.279. The molecule has 1 aromatic heterocycles. The van der Waals surface area contributed by atoms with Crippen LogP contribution in [0.3, 0.4) is 0 Å². The first kappa shape index (κ1) is 16.3. The molecule has 2 rings (SSSR count). The number of thiophene rings is 1. The van der Waals surface area contributed by atoms with Crippen LogP contribution in [0, 0.1) is 32.1 Å². The summed E-state index contributed by atoms with van der Waals surface area (Å²) in [6, 6.07) is 7.33. The van der Waals surface area contributed by atoms with Crippen molar-refractivity contribution in [2.45, 2.75) is 20.8 Å². The number of halogens is 1. The van der Waals surface area contributed by atoms with E-state index in [1.807, 2.05) is 20.8 Å². The predicted molar refractivity (Wildman–Crippen MR) is 88.8 cm³/mol. The van der Waals surface area contributed by atoms with Gasteiger partial charge in [0.1, 0.15) is 16.8 Å². The third kappa shape index (κ3) is 3.59. The van der Waals surface area contributed by atoms with Crippen LogP contribution >= 0.6 is 22.9 Å². The number of hydrogen-bond donors (Lipinski definition) is 1. The summed E-state index contributed by atoms with van der Waals surface area (Å²) >= 11 is 7.33. The van der Waals surface area contributed by atoms with Crippen molar-refractivity contribution in [2.24, 2.45) is 0 Å². The third-order valence-electron chi connectivity index (χ3n) is 3.25. The van der Waals surface area contributed by atoms with Crippen molar-refractivity contribution in [2.75, 3.05) is 11.9 Å². The van der Waals surface area contributed by atoms with Crippen LogP contribution in [0.2, 0.25) is 5.02 Å². The number of nitrogens with zero attached hydrogens (tertiary/aromatic N) is 1. The first-order valence-corrected chi connectivity index (χ1v) is 7.80. The number of benzene rings is 1. The van der Waals surface area contributed by atoms with Crippen LogP contribution in [0.15, 0.2) is 18.2 Å². The van der Waals surface area contributed by atoms with Crippen LogP contribution in [0.5, 0.6) is 5.75 Å². The molecule has 0 fully saturated rings. The normalized spacial score (nSPS) is 10.1. The van der Waals surface area contributed by atoms with Crippen LogP contribution in [0.25, 0.3) is 0 Å². The Balaban J connectivity index is 2.00. The highest BCUT2D eigenvalue weighted by Gasteiger charge is 2.14. The summed E-state index contributed by atoms with van der Waals surface area (Å²) in [4.78, 5) is 13.0. The SMILES string of the molecule is Cc1cc(OCC(=O)Nc2sc(C)c(C)c2C#N)ccc1Cl. The highest BCUT2D eigenvalue weighted by molar-refractivity contribution is 7.16. The Morgan fingerprint density at radius 1 is 1.41 bits per heavy atom. The zero-order chi connectivity index (χ0) is 16.3. The van der Waals surface area contributed by atoms with E-state index in [-0.39, 0.29) is 12.5 Å². The Bertz CT molecular complexity index is 762. The fourth-order valence-corrected chi connectivity index (χ4v) is 3.01. The molecule has 0 atom stereocenters.